The molecule has 2 nitrogen and oxygen atoms in total. The topological polar surface area (TPSA) is 18.5 Å². The van der Waals surface area contributed by atoms with E-state index in [0.29, 0.717) is 0 Å². The van der Waals surface area contributed by atoms with E-state index in [0.717, 1.165) is 52.6 Å². The maximum atomic E-state index is 5.99. The molecule has 2 heteroatoms. The summed E-state index contributed by atoms with van der Waals surface area (Å²) < 4.78 is 12.0. The molecular weight excluding hydrogens is 452 g/mol. The molecule has 1 fully saturated rings. The summed E-state index contributed by atoms with van der Waals surface area (Å²) in [6.07, 6.45) is 19.7. The zero-order valence-corrected chi connectivity index (χ0v) is 19.9. The molecule has 8 rings (SSSR count). The zero-order valence-electron chi connectivity index (χ0n) is 19.9. The van der Waals surface area contributed by atoms with E-state index >= 15 is 0 Å². The minimum Gasteiger partial charge on any atom is -0.356 e. The first-order valence-corrected chi connectivity index (χ1v) is 12.6. The Hall–Kier alpha value is -4.54. The minimum atomic E-state index is -0.162. The van der Waals surface area contributed by atoms with Gasteiger partial charge in [-0.2, -0.15) is 0 Å². The fraction of sp³-hybridized carbons (Fsp3) is 0.257. The van der Waals surface area contributed by atoms with Crippen molar-refractivity contribution in [2.45, 2.75) is 54.5 Å². The molecule has 0 radical (unpaired) electrons. The van der Waals surface area contributed by atoms with Gasteiger partial charge in [0.2, 0.25) is 0 Å². The molecule has 170 valence electrons. The Morgan fingerprint density at radius 3 is 1.24 bits per heavy atom. The summed E-state index contributed by atoms with van der Waals surface area (Å²) in [5.74, 6) is 0. The molecule has 6 atom stereocenters. The van der Waals surface area contributed by atoms with Gasteiger partial charge in [-0.1, -0.05) is 91.4 Å². The SMILES string of the molecule is c1c#cc2c(c#cc#cc3c(c#cc#cc4c(c#1)[C@@H]1C=C[C@H]4O1)[C@@H]1C=C[C@H]3O1)C13C=CC=CC21CCC3. The van der Waals surface area contributed by atoms with Crippen molar-refractivity contribution in [2.75, 3.05) is 0 Å². The lowest BCUT2D eigenvalue weighted by atomic mass is 9.47. The smallest absolute Gasteiger partial charge is 0.111 e. The van der Waals surface area contributed by atoms with Gasteiger partial charge in [-0.15, -0.1) is 0 Å². The molecular formula is C35H18O2. The Kier molecular flexibility index (Phi) is 4.17. The molecule has 37 heavy (non-hydrogen) atoms. The number of hydrogen-bond acceptors (Lipinski definition) is 2. The molecule has 0 aromatic heterocycles. The first-order chi connectivity index (χ1) is 18.3. The third kappa shape index (κ3) is 2.71. The van der Waals surface area contributed by atoms with Gasteiger partial charge in [0.25, 0.3) is 0 Å². The fourth-order valence-corrected chi connectivity index (χ4v) is 6.90. The van der Waals surface area contributed by atoms with Crippen LogP contribution in [0.5, 0.6) is 0 Å². The number of rotatable bonds is 0. The normalized spacial score (nSPS) is 33.0. The van der Waals surface area contributed by atoms with Gasteiger partial charge in [-0.25, -0.2) is 0 Å². The first-order valence-electron chi connectivity index (χ1n) is 12.6. The van der Waals surface area contributed by atoms with Crippen LogP contribution in [0.2, 0.25) is 0 Å². The molecule has 0 N–H and O–H groups in total. The van der Waals surface area contributed by atoms with Gasteiger partial charge in [-0.3, -0.25) is 0 Å². The summed E-state index contributed by atoms with van der Waals surface area (Å²) in [4.78, 5) is 0. The molecule has 0 amide bonds. The van der Waals surface area contributed by atoms with Crippen LogP contribution in [0.3, 0.4) is 0 Å². The average molecular weight is 471 g/mol. The summed E-state index contributed by atoms with van der Waals surface area (Å²) in [7, 11) is 0. The van der Waals surface area contributed by atoms with Gasteiger partial charge in [-0.05, 0) is 49.2 Å². The van der Waals surface area contributed by atoms with Crippen LogP contribution in [-0.4, -0.2) is 0 Å². The van der Waals surface area contributed by atoms with Gasteiger partial charge >= 0.3 is 0 Å². The van der Waals surface area contributed by atoms with E-state index in [-0.39, 0.29) is 35.2 Å². The third-order valence-electron chi connectivity index (χ3n) is 8.53. The van der Waals surface area contributed by atoms with Crippen molar-refractivity contribution in [2.24, 2.45) is 0 Å². The van der Waals surface area contributed by atoms with E-state index in [9.17, 15) is 0 Å². The molecule has 4 heterocycles. The molecule has 1 aromatic carbocycles. The van der Waals surface area contributed by atoms with Crippen molar-refractivity contribution in [3.63, 3.8) is 0 Å². The van der Waals surface area contributed by atoms with Crippen LogP contribution in [0.4, 0.5) is 0 Å². The largest absolute Gasteiger partial charge is 0.356 e. The number of ether oxygens (including phenoxy) is 2. The Bertz CT molecular complexity index is 1400. The monoisotopic (exact) mass is 470 g/mol. The number of allylic oxidation sites excluding steroid dienone is 4. The van der Waals surface area contributed by atoms with Crippen molar-refractivity contribution in [3.05, 3.63) is 155 Å². The van der Waals surface area contributed by atoms with Crippen LogP contribution in [0.1, 0.15) is 77.1 Å². The third-order valence-corrected chi connectivity index (χ3v) is 8.53. The van der Waals surface area contributed by atoms with Crippen LogP contribution < -0.4 is 0 Å². The summed E-state index contributed by atoms with van der Waals surface area (Å²) >= 11 is 0. The van der Waals surface area contributed by atoms with Crippen molar-refractivity contribution >= 4 is 0 Å². The maximum absolute atomic E-state index is 5.99. The quantitative estimate of drug-likeness (QED) is 0.445. The molecule has 3 aliphatic carbocycles. The standard InChI is InChI=1S/C35H18O2/c1-2-11-25-27(33-19-17-31(25)37-33)13-4-6-15-29-28(34-20-7-8-21-35(29,34)23-9-22-34)14-5-3-12-26-24(10-1)30-16-18-32(26)36-30/h7-8,16-21,30-33H,9,22-23H2/t30-,31+,32+,33-,34?,35?. The first kappa shape index (κ1) is 20.6. The van der Waals surface area contributed by atoms with Crippen LogP contribution >= 0.6 is 0 Å². The molecule has 7 aliphatic rings. The van der Waals surface area contributed by atoms with Crippen molar-refractivity contribution in [3.8, 4) is 0 Å². The van der Waals surface area contributed by atoms with Gasteiger partial charge in [0.15, 0.2) is 0 Å². The maximum Gasteiger partial charge on any atom is 0.111 e. The molecule has 1 saturated carbocycles. The Morgan fingerprint density at radius 1 is 0.514 bits per heavy atom. The summed E-state index contributed by atoms with van der Waals surface area (Å²) in [5.41, 5.74) is 5.54. The highest BCUT2D eigenvalue weighted by Crippen LogP contribution is 2.66. The van der Waals surface area contributed by atoms with Crippen LogP contribution in [0, 0.1) is 72.8 Å². The number of fused-ring (bicyclic) bond motifs is 11. The van der Waals surface area contributed by atoms with Crippen molar-refractivity contribution in [1.82, 2.24) is 0 Å². The number of hydrogen-bond donors (Lipinski definition) is 0. The van der Waals surface area contributed by atoms with E-state index < -0.39 is 0 Å². The Labute approximate surface area is 218 Å². The van der Waals surface area contributed by atoms with Crippen LogP contribution in [-0.2, 0) is 20.3 Å². The predicted molar refractivity (Wildman–Crippen MR) is 132 cm³/mol. The highest BCUT2D eigenvalue weighted by molar-refractivity contribution is 5.62. The molecule has 2 unspecified atom stereocenters. The lowest BCUT2D eigenvalue weighted by molar-refractivity contribution is 0.0876. The second-order valence-corrected chi connectivity index (χ2v) is 10.1. The van der Waals surface area contributed by atoms with Gasteiger partial charge in [0.05, 0.1) is 22.3 Å². The predicted octanol–water partition coefficient (Wildman–Crippen LogP) is 5.83. The highest BCUT2D eigenvalue weighted by Gasteiger charge is 2.64. The second-order valence-electron chi connectivity index (χ2n) is 10.1. The molecule has 4 bridgehead atoms. The van der Waals surface area contributed by atoms with E-state index in [1.165, 1.54) is 0 Å². The zero-order chi connectivity index (χ0) is 24.5. The van der Waals surface area contributed by atoms with Crippen molar-refractivity contribution in [1.29, 1.82) is 0 Å². The Balaban J connectivity index is 1.35. The van der Waals surface area contributed by atoms with E-state index in [2.05, 4.69) is 97.1 Å². The molecule has 4 aliphatic heterocycles. The summed E-state index contributed by atoms with van der Waals surface area (Å²) in [6.45, 7) is 0. The summed E-state index contributed by atoms with van der Waals surface area (Å²) in [6, 6.07) is 38.1. The lowest BCUT2D eigenvalue weighted by Gasteiger charge is -2.53. The molecule has 1 aromatic rings. The minimum absolute atomic E-state index is 0.0720. The van der Waals surface area contributed by atoms with Gasteiger partial charge in [0, 0.05) is 22.0 Å². The average Bonchev–Trinajstić information content (AvgIpc) is 3.72. The summed E-state index contributed by atoms with van der Waals surface area (Å²) in [5, 5.41) is 0. The molecule has 0 spiro atoms. The fourth-order valence-electron chi connectivity index (χ4n) is 6.90. The van der Waals surface area contributed by atoms with E-state index in [1.54, 1.807) is 0 Å². The van der Waals surface area contributed by atoms with E-state index in [1.807, 2.05) is 24.3 Å². The van der Waals surface area contributed by atoms with Crippen molar-refractivity contribution < 1.29 is 9.47 Å². The van der Waals surface area contributed by atoms with E-state index in [4.69, 9.17) is 9.47 Å². The Morgan fingerprint density at radius 2 is 0.865 bits per heavy atom. The molecule has 0 saturated heterocycles. The van der Waals surface area contributed by atoms with Crippen LogP contribution in [0.25, 0.3) is 0 Å². The lowest BCUT2D eigenvalue weighted by Crippen LogP contribution is -2.52. The van der Waals surface area contributed by atoms with Crippen LogP contribution in [0.15, 0.2) is 48.6 Å². The second kappa shape index (κ2) is 7.48. The van der Waals surface area contributed by atoms with Gasteiger partial charge < -0.3 is 9.47 Å². The highest BCUT2D eigenvalue weighted by atomic mass is 16.5. The van der Waals surface area contributed by atoms with Gasteiger partial charge in [0.1, 0.15) is 24.4 Å².